The molecule has 1 aromatic rings. The summed E-state index contributed by atoms with van der Waals surface area (Å²) in [6, 6.07) is 8.68. The third kappa shape index (κ3) is 3.43. The van der Waals surface area contributed by atoms with Gasteiger partial charge in [-0.15, -0.1) is 0 Å². The van der Waals surface area contributed by atoms with Crippen LogP contribution in [0.5, 0.6) is 0 Å². The number of rotatable bonds is 4. The van der Waals surface area contributed by atoms with Crippen LogP contribution in [0.3, 0.4) is 0 Å². The third-order valence-electron chi connectivity index (χ3n) is 3.91. The standard InChI is InChI=1S/C17H17O2.2ClH.Zr/c1-12-11-13-5-2-3-6-14(13)17(12)15-7-4-8-16(15)19-10-9-18;;;/h2-6,8,11,18H,7,9-10H2,1H3;2*1H;/q;;;+2/p-2. The van der Waals surface area contributed by atoms with E-state index < -0.39 is 0 Å². The van der Waals surface area contributed by atoms with E-state index in [9.17, 15) is 0 Å². The molecule has 1 atom stereocenters. The molecule has 0 radical (unpaired) electrons. The average molecular weight is 415 g/mol. The number of allylic oxidation sites excluding steroid dienone is 5. The van der Waals surface area contributed by atoms with Gasteiger partial charge >= 0.3 is 135 Å². The van der Waals surface area contributed by atoms with Crippen LogP contribution < -0.4 is 24.8 Å². The van der Waals surface area contributed by atoms with E-state index in [1.165, 1.54) is 52.6 Å². The van der Waals surface area contributed by atoms with Crippen LogP contribution in [0.4, 0.5) is 0 Å². The minimum Gasteiger partial charge on any atom is -1.00 e. The Bertz CT molecular complexity index is 635. The summed E-state index contributed by atoms with van der Waals surface area (Å²) in [6.45, 7) is 2.65. The first kappa shape index (κ1) is 19.7. The van der Waals surface area contributed by atoms with E-state index in [1.807, 2.05) is 6.08 Å². The van der Waals surface area contributed by atoms with Crippen LogP contribution >= 0.6 is 0 Å². The number of aliphatic hydroxyl groups is 1. The van der Waals surface area contributed by atoms with Gasteiger partial charge in [-0.25, -0.2) is 0 Å². The average Bonchev–Trinajstić information content (AvgIpc) is 3.01. The molecular weight excluding hydrogens is 398 g/mol. The van der Waals surface area contributed by atoms with Crippen LogP contribution in [0, 0.1) is 0 Å². The van der Waals surface area contributed by atoms with Crippen molar-refractivity contribution in [2.24, 2.45) is 0 Å². The molecule has 0 fully saturated rings. The molecule has 2 nitrogen and oxygen atoms in total. The van der Waals surface area contributed by atoms with Crippen LogP contribution in [-0.2, 0) is 29.5 Å². The Labute approximate surface area is 159 Å². The molecule has 0 saturated heterocycles. The SMILES string of the molecule is CC1=C(C2=C(OCCO)C=CC2)c2ccccc2[CH]1[Zr+2].[Cl-].[Cl-]. The van der Waals surface area contributed by atoms with Gasteiger partial charge in [0.05, 0.1) is 0 Å². The van der Waals surface area contributed by atoms with Crippen molar-refractivity contribution in [1.82, 2.24) is 0 Å². The fourth-order valence-electron chi connectivity index (χ4n) is 2.97. The van der Waals surface area contributed by atoms with Crippen molar-refractivity contribution < 1.29 is 59.4 Å². The minimum atomic E-state index is 0. The Hall–Kier alpha value is -0.337. The minimum absolute atomic E-state index is 0. The van der Waals surface area contributed by atoms with E-state index >= 15 is 0 Å². The fourth-order valence-corrected chi connectivity index (χ4v) is 3.94. The predicted octanol–water partition coefficient (Wildman–Crippen LogP) is -2.71. The molecule has 0 aromatic heterocycles. The molecule has 1 unspecified atom stereocenters. The summed E-state index contributed by atoms with van der Waals surface area (Å²) in [7, 11) is 0. The maximum Gasteiger partial charge on any atom is -1.00 e. The van der Waals surface area contributed by atoms with Gasteiger partial charge in [-0.05, 0) is 0 Å². The Morgan fingerprint density at radius 2 is 2.00 bits per heavy atom. The fraction of sp³-hybridized carbons (Fsp3) is 0.294. The molecule has 0 aliphatic heterocycles. The van der Waals surface area contributed by atoms with Gasteiger partial charge in [-0.2, -0.15) is 0 Å². The number of fused-ring (bicyclic) bond motifs is 1. The summed E-state index contributed by atoms with van der Waals surface area (Å²) < 4.78 is 6.25. The maximum atomic E-state index is 8.95. The summed E-state index contributed by atoms with van der Waals surface area (Å²) in [5, 5.41) is 8.95. The molecule has 0 spiro atoms. The largest absolute Gasteiger partial charge is 1.00 e. The van der Waals surface area contributed by atoms with Crippen LogP contribution in [0.2, 0.25) is 0 Å². The number of aliphatic hydroxyl groups excluding tert-OH is 1. The molecule has 115 valence electrons. The second kappa shape index (κ2) is 8.50. The topological polar surface area (TPSA) is 29.5 Å². The van der Waals surface area contributed by atoms with Crippen molar-refractivity contribution in [1.29, 1.82) is 0 Å². The molecule has 0 heterocycles. The maximum absolute atomic E-state index is 8.95. The van der Waals surface area contributed by atoms with Crippen LogP contribution in [0.1, 0.15) is 28.1 Å². The van der Waals surface area contributed by atoms with Crippen molar-refractivity contribution in [2.75, 3.05) is 13.2 Å². The van der Waals surface area contributed by atoms with E-state index in [2.05, 4.69) is 37.3 Å². The number of ether oxygens (including phenoxy) is 1. The number of benzene rings is 1. The van der Waals surface area contributed by atoms with Gasteiger partial charge in [0.25, 0.3) is 0 Å². The van der Waals surface area contributed by atoms with Crippen LogP contribution in [-0.4, -0.2) is 18.3 Å². The van der Waals surface area contributed by atoms with Gasteiger partial charge in [0.1, 0.15) is 0 Å². The second-order valence-electron chi connectivity index (χ2n) is 5.10. The van der Waals surface area contributed by atoms with Gasteiger partial charge in [0, 0.05) is 0 Å². The Kier molecular flexibility index (Phi) is 7.61. The van der Waals surface area contributed by atoms with Gasteiger partial charge in [-0.3, -0.25) is 0 Å². The summed E-state index contributed by atoms with van der Waals surface area (Å²) in [5.74, 6) is 0.924. The van der Waals surface area contributed by atoms with E-state index in [-0.39, 0.29) is 31.4 Å². The zero-order valence-electron chi connectivity index (χ0n) is 12.3. The third-order valence-corrected chi connectivity index (χ3v) is 5.74. The van der Waals surface area contributed by atoms with E-state index in [4.69, 9.17) is 9.84 Å². The zero-order valence-corrected chi connectivity index (χ0v) is 16.2. The number of hydrogen-bond donors (Lipinski definition) is 1. The van der Waals surface area contributed by atoms with Crippen LogP contribution in [0.15, 0.2) is 53.3 Å². The van der Waals surface area contributed by atoms with Crippen LogP contribution in [0.25, 0.3) is 5.57 Å². The molecule has 0 saturated carbocycles. The zero-order chi connectivity index (χ0) is 14.1. The Morgan fingerprint density at radius 3 is 2.73 bits per heavy atom. The first-order valence-corrected chi connectivity index (χ1v) is 8.31. The first-order chi connectivity index (χ1) is 9.74. The van der Waals surface area contributed by atoms with Crippen molar-refractivity contribution >= 4 is 5.57 Å². The molecule has 2 aliphatic carbocycles. The molecule has 1 aromatic carbocycles. The van der Waals surface area contributed by atoms with Gasteiger partial charge in [0.2, 0.25) is 0 Å². The molecule has 0 bridgehead atoms. The number of halogens is 2. The molecule has 0 amide bonds. The molecular formula is C17H17Cl2O2Zr. The van der Waals surface area contributed by atoms with Crippen molar-refractivity contribution in [3.63, 3.8) is 0 Å². The Morgan fingerprint density at radius 1 is 1.27 bits per heavy atom. The summed E-state index contributed by atoms with van der Waals surface area (Å²) in [6.07, 6.45) is 5.09. The predicted molar refractivity (Wildman–Crippen MR) is 75.6 cm³/mol. The smallest absolute Gasteiger partial charge is 1.00 e. The normalized spacial score (nSPS) is 19.0. The monoisotopic (exact) mass is 413 g/mol. The summed E-state index contributed by atoms with van der Waals surface area (Å²) in [5.41, 5.74) is 6.89. The van der Waals surface area contributed by atoms with E-state index in [0.29, 0.717) is 10.2 Å². The van der Waals surface area contributed by atoms with Gasteiger partial charge < -0.3 is 24.8 Å². The number of hydrogen-bond acceptors (Lipinski definition) is 2. The Balaban J connectivity index is 0.00000121. The molecule has 2 aliphatic rings. The molecule has 5 heteroatoms. The van der Waals surface area contributed by atoms with Crippen molar-refractivity contribution in [3.8, 4) is 0 Å². The second-order valence-corrected chi connectivity index (χ2v) is 6.52. The van der Waals surface area contributed by atoms with Gasteiger partial charge in [-0.1, -0.05) is 0 Å². The molecule has 22 heavy (non-hydrogen) atoms. The first-order valence-electron chi connectivity index (χ1n) is 6.89. The quantitative estimate of drug-likeness (QED) is 0.580. The summed E-state index contributed by atoms with van der Waals surface area (Å²) >= 11 is 1.53. The van der Waals surface area contributed by atoms with Crippen molar-refractivity contribution in [2.45, 2.75) is 17.0 Å². The van der Waals surface area contributed by atoms with Crippen molar-refractivity contribution in [3.05, 3.63) is 64.4 Å². The summed E-state index contributed by atoms with van der Waals surface area (Å²) in [4.78, 5) is 0. The van der Waals surface area contributed by atoms with E-state index in [1.54, 1.807) is 0 Å². The van der Waals surface area contributed by atoms with E-state index in [0.717, 1.165) is 12.2 Å². The molecule has 1 N–H and O–H groups in total. The molecule has 3 rings (SSSR count). The van der Waals surface area contributed by atoms with Gasteiger partial charge in [0.15, 0.2) is 0 Å².